The first kappa shape index (κ1) is 20.6. The molecule has 0 amide bonds. The molecule has 2 heterocycles. The molecule has 0 radical (unpaired) electrons. The lowest BCUT2D eigenvalue weighted by Crippen LogP contribution is -2.43. The second kappa shape index (κ2) is 10.4. The van der Waals surface area contributed by atoms with E-state index in [9.17, 15) is 0 Å². The summed E-state index contributed by atoms with van der Waals surface area (Å²) in [6.07, 6.45) is 9.13. The predicted molar refractivity (Wildman–Crippen MR) is 112 cm³/mol. The maximum Gasteiger partial charge on any atom is 0.193 e. The smallest absolute Gasteiger partial charge is 0.193 e. The van der Waals surface area contributed by atoms with Crippen LogP contribution in [0.25, 0.3) is 0 Å². The van der Waals surface area contributed by atoms with Gasteiger partial charge in [0.25, 0.3) is 0 Å². The summed E-state index contributed by atoms with van der Waals surface area (Å²) < 4.78 is 10.8. The Morgan fingerprint density at radius 3 is 2.92 bits per heavy atom. The second-order valence-electron chi connectivity index (χ2n) is 7.04. The Bertz CT molecular complexity index is 515. The molecule has 0 bridgehead atoms. The number of likely N-dealkylation sites (tertiary alicyclic amines) is 1. The minimum absolute atomic E-state index is 0. The Hall–Kier alpha value is -0.760. The summed E-state index contributed by atoms with van der Waals surface area (Å²) in [6.45, 7) is 7.61. The van der Waals surface area contributed by atoms with Crippen molar-refractivity contribution in [1.82, 2.24) is 10.2 Å². The molecule has 0 aromatic carbocycles. The summed E-state index contributed by atoms with van der Waals surface area (Å²) in [7, 11) is 0. The first-order valence-corrected chi connectivity index (χ1v) is 9.45. The molecule has 1 saturated heterocycles. The van der Waals surface area contributed by atoms with Gasteiger partial charge in [-0.1, -0.05) is 6.42 Å². The van der Waals surface area contributed by atoms with Crippen LogP contribution in [0, 0.1) is 5.41 Å². The molecule has 25 heavy (non-hydrogen) atoms. The van der Waals surface area contributed by atoms with E-state index < -0.39 is 0 Å². The lowest BCUT2D eigenvalue weighted by Gasteiger charge is -2.38. The van der Waals surface area contributed by atoms with E-state index in [1.54, 1.807) is 6.26 Å². The normalized spacial score (nSPS) is 18.9. The maximum atomic E-state index is 5.42. The highest BCUT2D eigenvalue weighted by Gasteiger charge is 2.43. The fraction of sp³-hybridized carbons (Fsp3) is 0.737. The lowest BCUT2D eigenvalue weighted by molar-refractivity contribution is 0.146. The van der Waals surface area contributed by atoms with Crippen molar-refractivity contribution >= 4 is 29.9 Å². The molecule has 0 atom stereocenters. The SMILES string of the molecule is CCOCCCN=C(NCCc1ccco1)N1CCC2(CCC2)C1.I. The molecule has 1 spiro atoms. The maximum absolute atomic E-state index is 5.42. The molecular formula is C19H32IN3O2. The largest absolute Gasteiger partial charge is 0.469 e. The third kappa shape index (κ3) is 5.88. The molecule has 2 fully saturated rings. The molecule has 1 N–H and O–H groups in total. The minimum Gasteiger partial charge on any atom is -0.469 e. The molecule has 0 unspecified atom stereocenters. The van der Waals surface area contributed by atoms with Crippen LogP contribution >= 0.6 is 24.0 Å². The number of nitrogens with zero attached hydrogens (tertiary/aromatic N) is 2. The third-order valence-electron chi connectivity index (χ3n) is 5.30. The van der Waals surface area contributed by atoms with Gasteiger partial charge < -0.3 is 19.4 Å². The molecule has 1 aliphatic heterocycles. The average Bonchev–Trinajstić information content (AvgIpc) is 3.22. The van der Waals surface area contributed by atoms with Crippen LogP contribution in [0.3, 0.4) is 0 Å². The Morgan fingerprint density at radius 2 is 2.28 bits per heavy atom. The van der Waals surface area contributed by atoms with Gasteiger partial charge in [-0.15, -0.1) is 24.0 Å². The number of rotatable bonds is 8. The number of halogens is 1. The van der Waals surface area contributed by atoms with Crippen LogP contribution < -0.4 is 5.32 Å². The van der Waals surface area contributed by atoms with Gasteiger partial charge in [-0.3, -0.25) is 4.99 Å². The van der Waals surface area contributed by atoms with Crippen molar-refractivity contribution < 1.29 is 9.15 Å². The van der Waals surface area contributed by atoms with Crippen molar-refractivity contribution in [2.24, 2.45) is 10.4 Å². The fourth-order valence-electron chi connectivity index (χ4n) is 3.72. The Labute approximate surface area is 168 Å². The van der Waals surface area contributed by atoms with Crippen molar-refractivity contribution in [3.8, 4) is 0 Å². The molecule has 142 valence electrons. The molecule has 3 rings (SSSR count). The van der Waals surface area contributed by atoms with Gasteiger partial charge in [0.2, 0.25) is 0 Å². The van der Waals surface area contributed by atoms with Crippen LogP contribution in [-0.4, -0.2) is 50.3 Å². The van der Waals surface area contributed by atoms with E-state index in [2.05, 4.69) is 10.2 Å². The van der Waals surface area contributed by atoms with Crippen LogP contribution in [0.5, 0.6) is 0 Å². The van der Waals surface area contributed by atoms with Crippen molar-refractivity contribution in [2.45, 2.75) is 45.4 Å². The second-order valence-corrected chi connectivity index (χ2v) is 7.04. The molecule has 1 aliphatic carbocycles. The van der Waals surface area contributed by atoms with Gasteiger partial charge in [-0.25, -0.2) is 0 Å². The Balaban J connectivity index is 0.00000225. The number of hydrogen-bond donors (Lipinski definition) is 1. The van der Waals surface area contributed by atoms with Gasteiger partial charge in [0.15, 0.2) is 5.96 Å². The highest BCUT2D eigenvalue weighted by Crippen LogP contribution is 2.47. The van der Waals surface area contributed by atoms with E-state index in [-0.39, 0.29) is 24.0 Å². The van der Waals surface area contributed by atoms with Gasteiger partial charge >= 0.3 is 0 Å². The lowest BCUT2D eigenvalue weighted by atomic mass is 9.68. The van der Waals surface area contributed by atoms with Crippen LogP contribution in [0.15, 0.2) is 27.8 Å². The van der Waals surface area contributed by atoms with Crippen LogP contribution in [0.1, 0.15) is 44.8 Å². The number of ether oxygens (including phenoxy) is 1. The monoisotopic (exact) mass is 461 g/mol. The summed E-state index contributed by atoms with van der Waals surface area (Å²) in [5.41, 5.74) is 0.592. The zero-order chi connectivity index (χ0) is 16.7. The zero-order valence-corrected chi connectivity index (χ0v) is 17.7. The van der Waals surface area contributed by atoms with Crippen molar-refractivity contribution in [3.05, 3.63) is 24.2 Å². The molecule has 6 heteroatoms. The third-order valence-corrected chi connectivity index (χ3v) is 5.30. The summed E-state index contributed by atoms with van der Waals surface area (Å²) in [4.78, 5) is 7.30. The topological polar surface area (TPSA) is 50.0 Å². The molecule has 1 aromatic rings. The van der Waals surface area contributed by atoms with Crippen molar-refractivity contribution in [2.75, 3.05) is 39.4 Å². The van der Waals surface area contributed by atoms with Crippen LogP contribution in [0.2, 0.25) is 0 Å². The molecular weight excluding hydrogens is 429 g/mol. The molecule has 5 nitrogen and oxygen atoms in total. The first-order valence-electron chi connectivity index (χ1n) is 9.45. The van der Waals surface area contributed by atoms with E-state index in [1.807, 2.05) is 19.1 Å². The summed E-state index contributed by atoms with van der Waals surface area (Å²) >= 11 is 0. The van der Waals surface area contributed by atoms with Crippen molar-refractivity contribution in [3.63, 3.8) is 0 Å². The average molecular weight is 461 g/mol. The minimum atomic E-state index is 0. The highest BCUT2D eigenvalue weighted by molar-refractivity contribution is 14.0. The zero-order valence-electron chi connectivity index (χ0n) is 15.3. The summed E-state index contributed by atoms with van der Waals surface area (Å²) in [6, 6.07) is 3.97. The molecule has 1 saturated carbocycles. The van der Waals surface area contributed by atoms with Crippen molar-refractivity contribution in [1.29, 1.82) is 0 Å². The quantitative estimate of drug-likeness (QED) is 0.278. The molecule has 2 aliphatic rings. The number of furan rings is 1. The van der Waals surface area contributed by atoms with E-state index in [0.717, 1.165) is 57.4 Å². The van der Waals surface area contributed by atoms with Gasteiger partial charge in [0.1, 0.15) is 5.76 Å². The van der Waals surface area contributed by atoms with Gasteiger partial charge in [0, 0.05) is 45.8 Å². The predicted octanol–water partition coefficient (Wildman–Crippen LogP) is 3.69. The summed E-state index contributed by atoms with van der Waals surface area (Å²) in [5.74, 6) is 2.09. The van der Waals surface area contributed by atoms with Crippen LogP contribution in [-0.2, 0) is 11.2 Å². The number of aliphatic imine (C=N–C) groups is 1. The van der Waals surface area contributed by atoms with Crippen LogP contribution in [0.4, 0.5) is 0 Å². The van der Waals surface area contributed by atoms with E-state index >= 15 is 0 Å². The van der Waals surface area contributed by atoms with Gasteiger partial charge in [-0.05, 0) is 50.2 Å². The first-order chi connectivity index (χ1) is 11.8. The summed E-state index contributed by atoms with van der Waals surface area (Å²) in [5, 5.41) is 3.55. The molecule has 1 aromatic heterocycles. The Kier molecular flexibility index (Phi) is 8.55. The fourth-order valence-corrected chi connectivity index (χ4v) is 3.72. The standard InChI is InChI=1S/C19H31N3O2.HI/c1-2-23-14-5-11-20-18(21-12-7-17-6-3-15-24-17)22-13-10-19(16-22)8-4-9-19;/h3,6,15H,2,4-5,7-14,16H2,1H3,(H,20,21);1H. The van der Waals surface area contributed by atoms with Gasteiger partial charge in [0.05, 0.1) is 6.26 Å². The van der Waals surface area contributed by atoms with E-state index in [1.165, 1.54) is 32.2 Å². The van der Waals surface area contributed by atoms with E-state index in [4.69, 9.17) is 14.1 Å². The number of nitrogens with one attached hydrogen (secondary N) is 1. The van der Waals surface area contributed by atoms with Gasteiger partial charge in [-0.2, -0.15) is 0 Å². The highest BCUT2D eigenvalue weighted by atomic mass is 127. The number of guanidine groups is 1. The van der Waals surface area contributed by atoms with E-state index in [0.29, 0.717) is 5.41 Å². The number of hydrogen-bond acceptors (Lipinski definition) is 3. The Morgan fingerprint density at radius 1 is 1.40 bits per heavy atom.